The Morgan fingerprint density at radius 3 is 2.67 bits per heavy atom. The monoisotopic (exact) mass is 206 g/mol. The van der Waals surface area contributed by atoms with Gasteiger partial charge in [0.05, 0.1) is 0 Å². The maximum absolute atomic E-state index is 11.2. The van der Waals surface area contributed by atoms with Gasteiger partial charge in [-0.3, -0.25) is 0 Å². The summed E-state index contributed by atoms with van der Waals surface area (Å²) in [5.74, 6) is 0. The molecule has 1 fully saturated rings. The number of carbonyl (C=O) groups is 1. The molecule has 2 rings (SSSR count). The third-order valence-electron chi connectivity index (χ3n) is 2.61. The van der Waals surface area contributed by atoms with Crippen LogP contribution in [0.2, 0.25) is 0 Å². The summed E-state index contributed by atoms with van der Waals surface area (Å²) in [6.45, 7) is 2.01. The first-order valence-electron chi connectivity index (χ1n) is 5.21. The summed E-state index contributed by atoms with van der Waals surface area (Å²) in [7, 11) is 0. The van der Waals surface area contributed by atoms with E-state index < -0.39 is 6.16 Å². The van der Waals surface area contributed by atoms with E-state index in [1.165, 1.54) is 0 Å². The van der Waals surface area contributed by atoms with Gasteiger partial charge in [0.1, 0.15) is 12.2 Å². The highest BCUT2D eigenvalue weighted by Gasteiger charge is 2.29. The van der Waals surface area contributed by atoms with Gasteiger partial charge in [0.25, 0.3) is 0 Å². The molecule has 1 aliphatic rings. The van der Waals surface area contributed by atoms with Crippen LogP contribution in [-0.2, 0) is 9.47 Å². The van der Waals surface area contributed by atoms with E-state index in [-0.39, 0.29) is 12.2 Å². The molecule has 0 spiro atoms. The van der Waals surface area contributed by atoms with Crippen LogP contribution < -0.4 is 0 Å². The minimum absolute atomic E-state index is 0.0172. The van der Waals surface area contributed by atoms with Gasteiger partial charge in [-0.2, -0.15) is 0 Å². The molecular formula is C12H14O3. The SMILES string of the molecule is CC[C@H]1C[C@@H](c2ccccc2)OC(=O)O1. The Hall–Kier alpha value is -1.51. The topological polar surface area (TPSA) is 35.5 Å². The van der Waals surface area contributed by atoms with E-state index in [4.69, 9.17) is 9.47 Å². The first-order valence-corrected chi connectivity index (χ1v) is 5.21. The van der Waals surface area contributed by atoms with Crippen LogP contribution in [-0.4, -0.2) is 12.3 Å². The Morgan fingerprint density at radius 1 is 1.27 bits per heavy atom. The first-order chi connectivity index (χ1) is 7.29. The molecule has 15 heavy (non-hydrogen) atoms. The number of hydrogen-bond donors (Lipinski definition) is 0. The van der Waals surface area contributed by atoms with Gasteiger partial charge in [-0.25, -0.2) is 4.79 Å². The van der Waals surface area contributed by atoms with Crippen molar-refractivity contribution in [2.75, 3.05) is 0 Å². The molecule has 1 aromatic carbocycles. The van der Waals surface area contributed by atoms with Gasteiger partial charge in [-0.1, -0.05) is 37.3 Å². The average Bonchev–Trinajstić information content (AvgIpc) is 2.29. The zero-order chi connectivity index (χ0) is 10.7. The number of ether oxygens (including phenoxy) is 2. The van der Waals surface area contributed by atoms with Crippen molar-refractivity contribution >= 4 is 6.16 Å². The molecule has 80 valence electrons. The fourth-order valence-corrected chi connectivity index (χ4v) is 1.74. The van der Waals surface area contributed by atoms with Crippen LogP contribution >= 0.6 is 0 Å². The van der Waals surface area contributed by atoms with E-state index in [1.54, 1.807) is 0 Å². The van der Waals surface area contributed by atoms with E-state index in [9.17, 15) is 4.79 Å². The molecule has 2 atom stereocenters. The van der Waals surface area contributed by atoms with E-state index in [2.05, 4.69) is 0 Å². The first kappa shape index (κ1) is 10.0. The van der Waals surface area contributed by atoms with Crippen molar-refractivity contribution in [1.29, 1.82) is 0 Å². The summed E-state index contributed by atoms with van der Waals surface area (Å²) in [6.07, 6.45) is 0.848. The van der Waals surface area contributed by atoms with Crippen molar-refractivity contribution in [3.63, 3.8) is 0 Å². The molecule has 3 nitrogen and oxygen atoms in total. The molecule has 0 saturated carbocycles. The molecule has 0 N–H and O–H groups in total. The van der Waals surface area contributed by atoms with Crippen molar-refractivity contribution in [3.05, 3.63) is 35.9 Å². The molecule has 1 aromatic rings. The minimum atomic E-state index is -0.554. The molecule has 1 aliphatic heterocycles. The van der Waals surface area contributed by atoms with Crippen molar-refractivity contribution in [1.82, 2.24) is 0 Å². The number of hydrogen-bond acceptors (Lipinski definition) is 3. The van der Waals surface area contributed by atoms with Crippen molar-refractivity contribution in [3.8, 4) is 0 Å². The zero-order valence-corrected chi connectivity index (χ0v) is 8.68. The predicted molar refractivity (Wildman–Crippen MR) is 55.4 cm³/mol. The fraction of sp³-hybridized carbons (Fsp3) is 0.417. The van der Waals surface area contributed by atoms with E-state index >= 15 is 0 Å². The Balaban J connectivity index is 2.12. The minimum Gasteiger partial charge on any atom is -0.431 e. The molecule has 0 radical (unpaired) electrons. The van der Waals surface area contributed by atoms with Gasteiger partial charge in [0.15, 0.2) is 0 Å². The number of cyclic esters (lactones) is 2. The van der Waals surface area contributed by atoms with Gasteiger partial charge in [-0.15, -0.1) is 0 Å². The smallest absolute Gasteiger partial charge is 0.431 e. The second-order valence-electron chi connectivity index (χ2n) is 3.65. The highest BCUT2D eigenvalue weighted by atomic mass is 16.7. The summed E-state index contributed by atoms with van der Waals surface area (Å²) in [5.41, 5.74) is 1.03. The maximum Gasteiger partial charge on any atom is 0.509 e. The number of rotatable bonds is 2. The standard InChI is InChI=1S/C12H14O3/c1-2-10-8-11(15-12(13)14-10)9-6-4-3-5-7-9/h3-7,10-11H,2,8H2,1H3/t10-,11-/m0/s1. The van der Waals surface area contributed by atoms with E-state index in [0.717, 1.165) is 18.4 Å². The highest BCUT2D eigenvalue weighted by molar-refractivity contribution is 5.61. The second-order valence-corrected chi connectivity index (χ2v) is 3.65. The van der Waals surface area contributed by atoms with Gasteiger partial charge in [0.2, 0.25) is 0 Å². The van der Waals surface area contributed by atoms with Gasteiger partial charge in [-0.05, 0) is 12.0 Å². The molecule has 0 aromatic heterocycles. The molecule has 3 heteroatoms. The highest BCUT2D eigenvalue weighted by Crippen LogP contribution is 2.29. The Bertz CT molecular complexity index is 334. The second kappa shape index (κ2) is 4.34. The van der Waals surface area contributed by atoms with Crippen LogP contribution in [0, 0.1) is 0 Å². The van der Waals surface area contributed by atoms with Gasteiger partial charge in [0, 0.05) is 6.42 Å². The predicted octanol–water partition coefficient (Wildman–Crippen LogP) is 3.06. The fourth-order valence-electron chi connectivity index (χ4n) is 1.74. The summed E-state index contributed by atoms with van der Waals surface area (Å²) < 4.78 is 10.2. The maximum atomic E-state index is 11.2. The third kappa shape index (κ3) is 2.29. The van der Waals surface area contributed by atoms with Crippen molar-refractivity contribution in [2.45, 2.75) is 32.0 Å². The molecule has 0 bridgehead atoms. The van der Waals surface area contributed by atoms with Crippen LogP contribution in [0.4, 0.5) is 4.79 Å². The third-order valence-corrected chi connectivity index (χ3v) is 2.61. The Kier molecular flexibility index (Phi) is 2.90. The lowest BCUT2D eigenvalue weighted by Gasteiger charge is -2.28. The molecule has 0 aliphatic carbocycles. The molecule has 0 amide bonds. The van der Waals surface area contributed by atoms with Crippen LogP contribution in [0.15, 0.2) is 30.3 Å². The lowest BCUT2D eigenvalue weighted by atomic mass is 10.0. The summed E-state index contributed by atoms with van der Waals surface area (Å²) in [5, 5.41) is 0. The zero-order valence-electron chi connectivity index (χ0n) is 8.68. The quantitative estimate of drug-likeness (QED) is 0.697. The Labute approximate surface area is 89.0 Å². The summed E-state index contributed by atoms with van der Waals surface area (Å²) in [4.78, 5) is 11.2. The van der Waals surface area contributed by atoms with Crippen LogP contribution in [0.5, 0.6) is 0 Å². The molecule has 0 unspecified atom stereocenters. The average molecular weight is 206 g/mol. The lowest BCUT2D eigenvalue weighted by Crippen LogP contribution is -2.29. The van der Waals surface area contributed by atoms with Crippen LogP contribution in [0.1, 0.15) is 31.4 Å². The van der Waals surface area contributed by atoms with Crippen LogP contribution in [0.3, 0.4) is 0 Å². The summed E-state index contributed by atoms with van der Waals surface area (Å²) in [6, 6.07) is 9.77. The molecule has 1 heterocycles. The van der Waals surface area contributed by atoms with Crippen molar-refractivity contribution < 1.29 is 14.3 Å². The van der Waals surface area contributed by atoms with Crippen LogP contribution in [0.25, 0.3) is 0 Å². The lowest BCUT2D eigenvalue weighted by molar-refractivity contribution is -0.0619. The van der Waals surface area contributed by atoms with E-state index in [1.807, 2.05) is 37.3 Å². The van der Waals surface area contributed by atoms with E-state index in [0.29, 0.717) is 0 Å². The largest absolute Gasteiger partial charge is 0.509 e. The normalized spacial score (nSPS) is 25.5. The van der Waals surface area contributed by atoms with Gasteiger partial charge >= 0.3 is 6.16 Å². The van der Waals surface area contributed by atoms with Gasteiger partial charge < -0.3 is 9.47 Å². The molecular weight excluding hydrogens is 192 g/mol. The number of carbonyl (C=O) groups excluding carboxylic acids is 1. The Morgan fingerprint density at radius 2 is 2.00 bits per heavy atom. The summed E-state index contributed by atoms with van der Waals surface area (Å²) >= 11 is 0. The molecule has 1 saturated heterocycles. The number of benzene rings is 1. The van der Waals surface area contributed by atoms with Crippen molar-refractivity contribution in [2.24, 2.45) is 0 Å².